The Kier molecular flexibility index (Phi) is 10.1. The Morgan fingerprint density at radius 1 is 1.04 bits per heavy atom. The number of alkyl halides is 2. The van der Waals surface area contributed by atoms with Crippen LogP contribution in [0.5, 0.6) is 11.5 Å². The normalized spacial score (nSPS) is 15.2. The zero-order valence-electron chi connectivity index (χ0n) is 24.2. The van der Waals surface area contributed by atoms with Crippen LogP contribution >= 0.6 is 23.2 Å². The lowest BCUT2D eigenvalue weighted by Crippen LogP contribution is -2.36. The fraction of sp³-hybridized carbons (Fsp3) is 0.333. The average molecular weight is 699 g/mol. The van der Waals surface area contributed by atoms with Crippen LogP contribution in [0.15, 0.2) is 48.8 Å². The standard InChI is InChI=1S/C30H27Cl2F2N3O8S/c1-46(41,42)36-11-17-4-6-19-20(8-17)29(40)37(28(19)39)14-27(38)44-25(10-21-22(31)12-35-13-23(21)32)18-5-7-24(45-30(33)34)26(9-18)43-15-16-2-3-16/h4-9,12-13,16,25,30,36H,2-3,10-11,14-15H2,1H3. The molecule has 1 fully saturated rings. The number of sulfonamides is 1. The van der Waals surface area contributed by atoms with Gasteiger partial charge in [-0.2, -0.15) is 8.78 Å². The van der Waals surface area contributed by atoms with Crippen molar-refractivity contribution in [3.8, 4) is 11.5 Å². The average Bonchev–Trinajstić information content (AvgIpc) is 3.79. The molecular weight excluding hydrogens is 671 g/mol. The third kappa shape index (κ3) is 8.29. The van der Waals surface area contributed by atoms with Gasteiger partial charge in [-0.3, -0.25) is 24.3 Å². The summed E-state index contributed by atoms with van der Waals surface area (Å²) in [6.45, 7) is -3.69. The summed E-state index contributed by atoms with van der Waals surface area (Å²) in [6.07, 6.45) is 4.37. The summed E-state index contributed by atoms with van der Waals surface area (Å²) in [6, 6.07) is 8.34. The van der Waals surface area contributed by atoms with Crippen LogP contribution < -0.4 is 14.2 Å². The van der Waals surface area contributed by atoms with Gasteiger partial charge >= 0.3 is 12.6 Å². The minimum absolute atomic E-state index is 0.00423. The van der Waals surface area contributed by atoms with Crippen molar-refractivity contribution in [2.24, 2.45) is 5.92 Å². The van der Waals surface area contributed by atoms with Crippen LogP contribution in [0.4, 0.5) is 8.78 Å². The summed E-state index contributed by atoms with van der Waals surface area (Å²) >= 11 is 12.7. The molecule has 0 radical (unpaired) electrons. The summed E-state index contributed by atoms with van der Waals surface area (Å²) in [5, 5.41) is 0.357. The summed E-state index contributed by atoms with van der Waals surface area (Å²) in [4.78, 5) is 44.2. The van der Waals surface area contributed by atoms with Crippen molar-refractivity contribution in [1.82, 2.24) is 14.6 Å². The van der Waals surface area contributed by atoms with Crippen molar-refractivity contribution in [3.63, 3.8) is 0 Å². The van der Waals surface area contributed by atoms with Gasteiger partial charge < -0.3 is 14.2 Å². The molecule has 0 bridgehead atoms. The Morgan fingerprint density at radius 2 is 1.74 bits per heavy atom. The van der Waals surface area contributed by atoms with Crippen LogP contribution in [0, 0.1) is 5.92 Å². The molecule has 3 aromatic rings. The smallest absolute Gasteiger partial charge is 0.387 e. The first-order chi connectivity index (χ1) is 21.8. The van der Waals surface area contributed by atoms with Gasteiger partial charge in [0.1, 0.15) is 12.6 Å². The fourth-order valence-electron chi connectivity index (χ4n) is 4.70. The van der Waals surface area contributed by atoms with Crippen molar-refractivity contribution >= 4 is 51.0 Å². The zero-order chi connectivity index (χ0) is 33.2. The molecule has 1 unspecified atom stereocenters. The Labute approximate surface area is 272 Å². The predicted molar refractivity (Wildman–Crippen MR) is 162 cm³/mol. The molecular formula is C30H27Cl2F2N3O8S. The van der Waals surface area contributed by atoms with Crippen molar-refractivity contribution in [2.45, 2.75) is 38.5 Å². The van der Waals surface area contributed by atoms with E-state index in [1.807, 2.05) is 0 Å². The van der Waals surface area contributed by atoms with Gasteiger partial charge in [0, 0.05) is 25.4 Å². The van der Waals surface area contributed by atoms with Gasteiger partial charge in [-0.05, 0) is 59.7 Å². The first-order valence-electron chi connectivity index (χ1n) is 13.9. The topological polar surface area (TPSA) is 141 Å². The molecule has 244 valence electrons. The van der Waals surface area contributed by atoms with E-state index in [4.69, 9.17) is 32.7 Å². The van der Waals surface area contributed by atoms with Gasteiger partial charge in [-0.25, -0.2) is 13.1 Å². The number of nitrogens with zero attached hydrogens (tertiary/aromatic N) is 2. The molecule has 0 saturated heterocycles. The number of pyridine rings is 1. The van der Waals surface area contributed by atoms with E-state index in [-0.39, 0.29) is 58.2 Å². The number of ether oxygens (including phenoxy) is 3. The van der Waals surface area contributed by atoms with Crippen LogP contribution in [0.3, 0.4) is 0 Å². The number of hydrogen-bond acceptors (Lipinski definition) is 9. The fourth-order valence-corrected chi connectivity index (χ4v) is 5.65. The molecule has 1 aliphatic heterocycles. The maximum atomic E-state index is 13.3. The van der Waals surface area contributed by atoms with Gasteiger partial charge in [0.2, 0.25) is 10.0 Å². The molecule has 11 nitrogen and oxygen atoms in total. The largest absolute Gasteiger partial charge is 0.489 e. The maximum Gasteiger partial charge on any atom is 0.387 e. The Balaban J connectivity index is 1.38. The maximum absolute atomic E-state index is 13.3. The van der Waals surface area contributed by atoms with E-state index >= 15 is 0 Å². The van der Waals surface area contributed by atoms with E-state index in [1.165, 1.54) is 48.8 Å². The van der Waals surface area contributed by atoms with E-state index in [0.717, 1.165) is 19.1 Å². The van der Waals surface area contributed by atoms with Crippen LogP contribution in [-0.2, 0) is 32.5 Å². The van der Waals surface area contributed by atoms with E-state index in [9.17, 15) is 31.6 Å². The van der Waals surface area contributed by atoms with Crippen LogP contribution in [0.25, 0.3) is 0 Å². The first kappa shape index (κ1) is 33.5. The van der Waals surface area contributed by atoms with Gasteiger partial charge in [0.05, 0.1) is 34.0 Å². The molecule has 1 aliphatic carbocycles. The minimum atomic E-state index is -3.51. The Morgan fingerprint density at radius 3 is 2.39 bits per heavy atom. The molecule has 2 heterocycles. The van der Waals surface area contributed by atoms with Gasteiger partial charge in [0.15, 0.2) is 11.5 Å². The summed E-state index contributed by atoms with van der Waals surface area (Å²) in [5.74, 6) is -2.37. The molecule has 5 rings (SSSR count). The highest BCUT2D eigenvalue weighted by Gasteiger charge is 2.38. The molecule has 2 aliphatic rings. The van der Waals surface area contributed by atoms with Gasteiger partial charge in [0.25, 0.3) is 11.8 Å². The number of esters is 1. The number of fused-ring (bicyclic) bond motifs is 1. The zero-order valence-corrected chi connectivity index (χ0v) is 26.5. The molecule has 1 N–H and O–H groups in total. The van der Waals surface area contributed by atoms with E-state index in [0.29, 0.717) is 21.6 Å². The van der Waals surface area contributed by atoms with Gasteiger partial charge in [-0.1, -0.05) is 35.3 Å². The molecule has 1 saturated carbocycles. The number of amides is 2. The lowest BCUT2D eigenvalue weighted by molar-refractivity contribution is -0.149. The summed E-state index contributed by atoms with van der Waals surface area (Å²) in [7, 11) is -3.51. The van der Waals surface area contributed by atoms with Crippen molar-refractivity contribution in [2.75, 3.05) is 19.4 Å². The lowest BCUT2D eigenvalue weighted by Gasteiger charge is -2.22. The number of rotatable bonds is 14. The van der Waals surface area contributed by atoms with Crippen LogP contribution in [-0.4, -0.2) is 62.1 Å². The number of benzene rings is 2. The first-order valence-corrected chi connectivity index (χ1v) is 16.6. The number of nitrogens with one attached hydrogen (secondary N) is 1. The molecule has 2 amide bonds. The minimum Gasteiger partial charge on any atom is -0.489 e. The summed E-state index contributed by atoms with van der Waals surface area (Å²) < 4.78 is 67.6. The molecule has 1 aromatic heterocycles. The quantitative estimate of drug-likeness (QED) is 0.183. The van der Waals surface area contributed by atoms with Crippen molar-refractivity contribution < 1.29 is 45.8 Å². The van der Waals surface area contributed by atoms with Crippen molar-refractivity contribution in [1.29, 1.82) is 0 Å². The molecule has 46 heavy (non-hydrogen) atoms. The number of halogens is 4. The second kappa shape index (κ2) is 13.9. The highest BCUT2D eigenvalue weighted by Crippen LogP contribution is 2.38. The monoisotopic (exact) mass is 697 g/mol. The van der Waals surface area contributed by atoms with E-state index in [1.54, 1.807) is 0 Å². The number of aromatic nitrogens is 1. The third-order valence-corrected chi connectivity index (χ3v) is 8.52. The van der Waals surface area contributed by atoms with E-state index in [2.05, 4.69) is 14.4 Å². The highest BCUT2D eigenvalue weighted by molar-refractivity contribution is 7.88. The molecule has 16 heteroatoms. The van der Waals surface area contributed by atoms with Crippen LogP contribution in [0.2, 0.25) is 10.0 Å². The highest BCUT2D eigenvalue weighted by atomic mass is 35.5. The SMILES string of the molecule is CS(=O)(=O)NCc1ccc2c(c1)C(=O)N(CC(=O)OC(Cc1c(Cl)cncc1Cl)c1ccc(OC(F)F)c(OCC3CC3)c1)C2=O. The number of imide groups is 1. The third-order valence-electron chi connectivity index (χ3n) is 7.20. The number of carbonyl (C=O) groups is 3. The van der Waals surface area contributed by atoms with Crippen LogP contribution in [0.1, 0.15) is 56.4 Å². The number of carbonyl (C=O) groups excluding carboxylic acids is 3. The van der Waals surface area contributed by atoms with Crippen molar-refractivity contribution in [3.05, 3.63) is 86.7 Å². The predicted octanol–water partition coefficient (Wildman–Crippen LogP) is 4.95. The lowest BCUT2D eigenvalue weighted by atomic mass is 10.0. The second-order valence-electron chi connectivity index (χ2n) is 10.8. The van der Waals surface area contributed by atoms with E-state index < -0.39 is 47.1 Å². The second-order valence-corrected chi connectivity index (χ2v) is 13.4. The number of hydrogen-bond donors (Lipinski definition) is 1. The molecule has 2 aromatic carbocycles. The Bertz CT molecular complexity index is 1770. The summed E-state index contributed by atoms with van der Waals surface area (Å²) in [5.41, 5.74) is 1.17. The Hall–Kier alpha value is -3.85. The van der Waals surface area contributed by atoms with Gasteiger partial charge in [-0.15, -0.1) is 0 Å². The molecule has 0 spiro atoms. The molecule has 1 atom stereocenters.